The van der Waals surface area contributed by atoms with E-state index in [2.05, 4.69) is 10.9 Å². The minimum absolute atomic E-state index is 0.116. The number of terminal acetylenes is 1. The summed E-state index contributed by atoms with van der Waals surface area (Å²) in [7, 11) is 1.52. The molecule has 94 valence electrons. The normalized spacial score (nSPS) is 9.68. The van der Waals surface area contributed by atoms with Crippen LogP contribution in [0.4, 0.5) is 0 Å². The Morgan fingerprint density at radius 3 is 2.84 bits per heavy atom. The first-order chi connectivity index (χ1) is 9.21. The predicted octanol–water partition coefficient (Wildman–Crippen LogP) is 2.78. The lowest BCUT2D eigenvalue weighted by molar-refractivity contribution is 0.332. The number of fused-ring (bicyclic) bond motifs is 1. The van der Waals surface area contributed by atoms with Crippen molar-refractivity contribution in [3.8, 4) is 29.9 Å². The van der Waals surface area contributed by atoms with Gasteiger partial charge in [-0.25, -0.2) is 0 Å². The zero-order valence-corrected chi connectivity index (χ0v) is 10.9. The summed E-state index contributed by atoms with van der Waals surface area (Å²) in [6, 6.07) is 5.34. The van der Waals surface area contributed by atoms with Gasteiger partial charge in [-0.15, -0.1) is 6.42 Å². The molecule has 0 aliphatic heterocycles. The Kier molecular flexibility index (Phi) is 3.75. The van der Waals surface area contributed by atoms with E-state index in [0.29, 0.717) is 33.0 Å². The standard InChI is InChI=1S/C14H9ClN2O2/c1-3-4-19-13-5-10-11(6-12(13)18-2)17-8-9(7-16)14(10)15/h1,5-6,8H,4H2,2H3. The maximum absolute atomic E-state index is 8.93. The molecule has 1 aromatic heterocycles. The summed E-state index contributed by atoms with van der Waals surface area (Å²) in [5.41, 5.74) is 0.927. The van der Waals surface area contributed by atoms with Crippen LogP contribution < -0.4 is 9.47 Å². The van der Waals surface area contributed by atoms with Gasteiger partial charge in [-0.2, -0.15) is 5.26 Å². The van der Waals surface area contributed by atoms with Gasteiger partial charge in [-0.3, -0.25) is 4.98 Å². The third-order valence-electron chi connectivity index (χ3n) is 2.52. The molecule has 0 aliphatic rings. The van der Waals surface area contributed by atoms with Gasteiger partial charge in [-0.05, 0) is 6.07 Å². The van der Waals surface area contributed by atoms with E-state index >= 15 is 0 Å². The first-order valence-electron chi connectivity index (χ1n) is 5.34. The van der Waals surface area contributed by atoms with Crippen LogP contribution in [0.5, 0.6) is 11.5 Å². The fourth-order valence-electron chi connectivity index (χ4n) is 1.64. The van der Waals surface area contributed by atoms with Gasteiger partial charge in [0.25, 0.3) is 0 Å². The SMILES string of the molecule is C#CCOc1cc2c(Cl)c(C#N)cnc2cc1OC. The molecule has 0 amide bonds. The van der Waals surface area contributed by atoms with Crippen molar-refractivity contribution in [2.45, 2.75) is 0 Å². The highest BCUT2D eigenvalue weighted by Crippen LogP contribution is 2.35. The average molecular weight is 273 g/mol. The Morgan fingerprint density at radius 2 is 2.21 bits per heavy atom. The molecule has 0 saturated heterocycles. The lowest BCUT2D eigenvalue weighted by atomic mass is 10.1. The third kappa shape index (κ3) is 2.40. The molecule has 0 N–H and O–H groups in total. The molecule has 4 nitrogen and oxygen atoms in total. The highest BCUT2D eigenvalue weighted by Gasteiger charge is 2.12. The molecular weight excluding hydrogens is 264 g/mol. The second kappa shape index (κ2) is 5.48. The van der Waals surface area contributed by atoms with Gasteiger partial charge in [0.1, 0.15) is 12.7 Å². The van der Waals surface area contributed by atoms with Crippen LogP contribution in [0.3, 0.4) is 0 Å². The fourth-order valence-corrected chi connectivity index (χ4v) is 1.88. The topological polar surface area (TPSA) is 55.1 Å². The minimum Gasteiger partial charge on any atom is -0.493 e. The van der Waals surface area contributed by atoms with Crippen molar-refractivity contribution in [1.82, 2.24) is 4.98 Å². The molecule has 0 saturated carbocycles. The largest absolute Gasteiger partial charge is 0.493 e. The molecule has 0 bridgehead atoms. The van der Waals surface area contributed by atoms with E-state index in [4.69, 9.17) is 32.8 Å². The van der Waals surface area contributed by atoms with Crippen LogP contribution in [0.25, 0.3) is 10.9 Å². The van der Waals surface area contributed by atoms with Crippen molar-refractivity contribution in [1.29, 1.82) is 5.26 Å². The minimum atomic E-state index is 0.116. The zero-order chi connectivity index (χ0) is 13.8. The molecule has 0 aliphatic carbocycles. The van der Waals surface area contributed by atoms with E-state index in [1.807, 2.05) is 6.07 Å². The number of ether oxygens (including phenoxy) is 2. The number of hydrogen-bond acceptors (Lipinski definition) is 4. The number of aromatic nitrogens is 1. The molecular formula is C14H9ClN2O2. The summed E-state index contributed by atoms with van der Waals surface area (Å²) in [5.74, 6) is 3.35. The van der Waals surface area contributed by atoms with Crippen LogP contribution in [0.2, 0.25) is 5.02 Å². The monoisotopic (exact) mass is 272 g/mol. The number of pyridine rings is 1. The Balaban J connectivity index is 2.66. The molecule has 1 heterocycles. The highest BCUT2D eigenvalue weighted by molar-refractivity contribution is 6.36. The Hall–Kier alpha value is -2.43. The Morgan fingerprint density at radius 1 is 1.42 bits per heavy atom. The Bertz CT molecular complexity index is 714. The predicted molar refractivity (Wildman–Crippen MR) is 72.3 cm³/mol. The molecule has 0 radical (unpaired) electrons. The van der Waals surface area contributed by atoms with Crippen LogP contribution in [0, 0.1) is 23.7 Å². The van der Waals surface area contributed by atoms with E-state index in [1.54, 1.807) is 12.1 Å². The van der Waals surface area contributed by atoms with Crippen molar-refractivity contribution < 1.29 is 9.47 Å². The van der Waals surface area contributed by atoms with Gasteiger partial charge >= 0.3 is 0 Å². The van der Waals surface area contributed by atoms with Crippen LogP contribution in [-0.4, -0.2) is 18.7 Å². The summed E-state index contributed by atoms with van der Waals surface area (Å²) in [4.78, 5) is 4.16. The van der Waals surface area contributed by atoms with E-state index < -0.39 is 0 Å². The number of hydrogen-bond donors (Lipinski definition) is 0. The van der Waals surface area contributed by atoms with Crippen molar-refractivity contribution >= 4 is 22.5 Å². The second-order valence-corrected chi connectivity index (χ2v) is 3.99. The zero-order valence-electron chi connectivity index (χ0n) is 10.1. The number of nitrogens with zero attached hydrogens (tertiary/aromatic N) is 2. The van der Waals surface area contributed by atoms with Crippen molar-refractivity contribution in [3.63, 3.8) is 0 Å². The molecule has 5 heteroatoms. The van der Waals surface area contributed by atoms with Gasteiger partial charge in [0, 0.05) is 17.6 Å². The van der Waals surface area contributed by atoms with Gasteiger partial charge in [-0.1, -0.05) is 17.5 Å². The van der Waals surface area contributed by atoms with Crippen LogP contribution in [-0.2, 0) is 0 Å². The van der Waals surface area contributed by atoms with Crippen LogP contribution >= 0.6 is 11.6 Å². The van der Waals surface area contributed by atoms with Gasteiger partial charge in [0.2, 0.25) is 0 Å². The number of halogens is 1. The van der Waals surface area contributed by atoms with Crippen molar-refractivity contribution in [2.24, 2.45) is 0 Å². The average Bonchev–Trinajstić information content (AvgIpc) is 2.45. The first-order valence-corrected chi connectivity index (χ1v) is 5.71. The lowest BCUT2D eigenvalue weighted by Gasteiger charge is -2.11. The maximum atomic E-state index is 8.93. The number of benzene rings is 1. The van der Waals surface area contributed by atoms with Crippen molar-refractivity contribution in [3.05, 3.63) is 28.9 Å². The van der Waals surface area contributed by atoms with Crippen LogP contribution in [0.15, 0.2) is 18.3 Å². The van der Waals surface area contributed by atoms with Gasteiger partial charge in [0.15, 0.2) is 11.5 Å². The lowest BCUT2D eigenvalue weighted by Crippen LogP contribution is -1.97. The van der Waals surface area contributed by atoms with E-state index in [1.165, 1.54) is 13.3 Å². The molecule has 0 unspecified atom stereocenters. The number of methoxy groups -OCH3 is 1. The van der Waals surface area contributed by atoms with Gasteiger partial charge in [0.05, 0.1) is 23.2 Å². The summed E-state index contributed by atoms with van der Waals surface area (Å²) >= 11 is 6.14. The number of nitriles is 1. The second-order valence-electron chi connectivity index (χ2n) is 3.61. The highest BCUT2D eigenvalue weighted by atomic mass is 35.5. The molecule has 0 fully saturated rings. The first kappa shape index (κ1) is 13.0. The molecule has 0 spiro atoms. The molecule has 2 aromatic rings. The van der Waals surface area contributed by atoms with E-state index in [-0.39, 0.29) is 6.61 Å². The molecule has 19 heavy (non-hydrogen) atoms. The summed E-state index contributed by atoms with van der Waals surface area (Å²) in [6.45, 7) is 0.116. The molecule has 1 aromatic carbocycles. The summed E-state index contributed by atoms with van der Waals surface area (Å²) < 4.78 is 10.6. The Labute approximate surface area is 115 Å². The molecule has 2 rings (SSSR count). The summed E-state index contributed by atoms with van der Waals surface area (Å²) in [5, 5.41) is 9.89. The van der Waals surface area contributed by atoms with Crippen molar-refractivity contribution in [2.75, 3.05) is 13.7 Å². The maximum Gasteiger partial charge on any atom is 0.163 e. The number of rotatable bonds is 3. The summed E-state index contributed by atoms with van der Waals surface area (Å²) in [6.07, 6.45) is 6.58. The quantitative estimate of drug-likeness (QED) is 0.806. The van der Waals surface area contributed by atoms with Gasteiger partial charge < -0.3 is 9.47 Å². The van der Waals surface area contributed by atoms with Crippen LogP contribution in [0.1, 0.15) is 5.56 Å². The fraction of sp³-hybridized carbons (Fsp3) is 0.143. The smallest absolute Gasteiger partial charge is 0.163 e. The third-order valence-corrected chi connectivity index (χ3v) is 2.93. The van der Waals surface area contributed by atoms with E-state index in [9.17, 15) is 0 Å². The van der Waals surface area contributed by atoms with E-state index in [0.717, 1.165) is 0 Å². The molecule has 0 atom stereocenters.